The van der Waals surface area contributed by atoms with Gasteiger partial charge in [0, 0.05) is 18.7 Å². The molecule has 0 saturated carbocycles. The minimum absolute atomic E-state index is 0.0401. The lowest BCUT2D eigenvalue weighted by Gasteiger charge is -2.30. The summed E-state index contributed by atoms with van der Waals surface area (Å²) < 4.78 is 24.3. The van der Waals surface area contributed by atoms with Crippen LogP contribution < -0.4 is 5.14 Å². The summed E-state index contributed by atoms with van der Waals surface area (Å²) in [4.78, 5) is 2.25. The fourth-order valence-corrected chi connectivity index (χ4v) is 2.38. The van der Waals surface area contributed by atoms with Crippen molar-refractivity contribution in [2.45, 2.75) is 37.9 Å². The third kappa shape index (κ3) is 2.67. The molecule has 1 saturated heterocycles. The SMILES string of the molecule is CC(C)n1nc(S(N)(=O)=O)cc1CN1CCC1. The first-order chi connectivity index (χ1) is 7.88. The fourth-order valence-electron chi connectivity index (χ4n) is 1.88. The number of aromatic nitrogens is 2. The Morgan fingerprint density at radius 3 is 2.53 bits per heavy atom. The normalized spacial score (nSPS) is 17.4. The van der Waals surface area contributed by atoms with E-state index in [9.17, 15) is 8.42 Å². The van der Waals surface area contributed by atoms with E-state index in [1.165, 1.54) is 6.42 Å². The molecule has 2 heterocycles. The zero-order valence-electron chi connectivity index (χ0n) is 10.1. The van der Waals surface area contributed by atoms with E-state index in [0.717, 1.165) is 25.3 Å². The molecule has 0 radical (unpaired) electrons. The Kier molecular flexibility index (Phi) is 3.24. The maximum absolute atomic E-state index is 11.3. The number of hydrogen-bond acceptors (Lipinski definition) is 4. The van der Waals surface area contributed by atoms with E-state index in [1.807, 2.05) is 13.8 Å². The molecule has 0 bridgehead atoms. The Morgan fingerprint density at radius 2 is 2.12 bits per heavy atom. The lowest BCUT2D eigenvalue weighted by molar-refractivity contribution is 0.166. The monoisotopic (exact) mass is 258 g/mol. The zero-order valence-corrected chi connectivity index (χ0v) is 10.9. The van der Waals surface area contributed by atoms with Crippen molar-refractivity contribution in [2.24, 2.45) is 5.14 Å². The van der Waals surface area contributed by atoms with Gasteiger partial charge in [-0.25, -0.2) is 13.6 Å². The van der Waals surface area contributed by atoms with Gasteiger partial charge in [-0.1, -0.05) is 0 Å². The maximum atomic E-state index is 11.3. The number of nitrogens with zero attached hydrogens (tertiary/aromatic N) is 3. The van der Waals surface area contributed by atoms with E-state index in [4.69, 9.17) is 5.14 Å². The molecular weight excluding hydrogens is 240 g/mol. The van der Waals surface area contributed by atoms with Gasteiger partial charge in [0.1, 0.15) is 0 Å². The van der Waals surface area contributed by atoms with Crippen molar-refractivity contribution in [2.75, 3.05) is 13.1 Å². The molecule has 1 aromatic rings. The van der Waals surface area contributed by atoms with E-state index >= 15 is 0 Å². The third-order valence-corrected chi connectivity index (χ3v) is 3.69. The van der Waals surface area contributed by atoms with Gasteiger partial charge in [0.15, 0.2) is 5.03 Å². The van der Waals surface area contributed by atoms with Gasteiger partial charge in [-0.05, 0) is 33.4 Å². The Bertz CT molecular complexity index is 502. The standard InChI is InChI=1S/C10H18N4O2S/c1-8(2)14-9(7-13-4-3-5-13)6-10(12-14)17(11,15)16/h6,8H,3-5,7H2,1-2H3,(H2,11,15,16). The highest BCUT2D eigenvalue weighted by Crippen LogP contribution is 2.18. The first kappa shape index (κ1) is 12.5. The average Bonchev–Trinajstić information content (AvgIpc) is 2.54. The van der Waals surface area contributed by atoms with Crippen molar-refractivity contribution in [3.8, 4) is 0 Å². The van der Waals surface area contributed by atoms with Crippen LogP contribution in [-0.2, 0) is 16.6 Å². The molecule has 0 unspecified atom stereocenters. The second kappa shape index (κ2) is 4.40. The van der Waals surface area contributed by atoms with Crippen LogP contribution >= 0.6 is 0 Å². The number of nitrogens with two attached hydrogens (primary N) is 1. The first-order valence-electron chi connectivity index (χ1n) is 5.71. The predicted molar refractivity (Wildman–Crippen MR) is 63.9 cm³/mol. The highest BCUT2D eigenvalue weighted by molar-refractivity contribution is 7.89. The van der Waals surface area contributed by atoms with Gasteiger partial charge in [0.2, 0.25) is 0 Å². The highest BCUT2D eigenvalue weighted by atomic mass is 32.2. The first-order valence-corrected chi connectivity index (χ1v) is 7.26. The molecule has 6 nitrogen and oxygen atoms in total. The maximum Gasteiger partial charge on any atom is 0.257 e. The van der Waals surface area contributed by atoms with Crippen LogP contribution in [0.1, 0.15) is 32.0 Å². The molecule has 2 rings (SSSR count). The summed E-state index contributed by atoms with van der Waals surface area (Å²) in [7, 11) is -3.71. The zero-order chi connectivity index (χ0) is 12.6. The van der Waals surface area contributed by atoms with Crippen LogP contribution in [0.25, 0.3) is 0 Å². The molecule has 0 aromatic carbocycles. The smallest absolute Gasteiger partial charge is 0.257 e. The second-order valence-electron chi connectivity index (χ2n) is 4.69. The van der Waals surface area contributed by atoms with E-state index in [0.29, 0.717) is 0 Å². The van der Waals surface area contributed by atoms with Crippen LogP contribution in [0, 0.1) is 0 Å². The van der Waals surface area contributed by atoms with E-state index in [-0.39, 0.29) is 11.1 Å². The van der Waals surface area contributed by atoms with Crippen LogP contribution in [-0.4, -0.2) is 36.2 Å². The summed E-state index contributed by atoms with van der Waals surface area (Å²) in [6.45, 7) is 6.81. The van der Waals surface area contributed by atoms with E-state index in [1.54, 1.807) is 10.7 Å². The Labute approximate surface area is 101 Å². The molecule has 96 valence electrons. The number of sulfonamides is 1. The Hall–Kier alpha value is -0.920. The van der Waals surface area contributed by atoms with Gasteiger partial charge >= 0.3 is 0 Å². The van der Waals surface area contributed by atoms with Crippen molar-refractivity contribution in [3.05, 3.63) is 11.8 Å². The minimum Gasteiger partial charge on any atom is -0.297 e. The molecule has 1 aliphatic rings. The molecule has 1 aromatic heterocycles. The molecule has 0 aliphatic carbocycles. The average molecular weight is 258 g/mol. The van der Waals surface area contributed by atoms with Crippen molar-refractivity contribution in [3.63, 3.8) is 0 Å². The number of likely N-dealkylation sites (tertiary alicyclic amines) is 1. The number of primary sulfonamides is 1. The number of rotatable bonds is 4. The quantitative estimate of drug-likeness (QED) is 0.843. The van der Waals surface area contributed by atoms with E-state index < -0.39 is 10.0 Å². The van der Waals surface area contributed by atoms with Crippen LogP contribution in [0.3, 0.4) is 0 Å². The largest absolute Gasteiger partial charge is 0.297 e. The highest BCUT2D eigenvalue weighted by Gasteiger charge is 2.21. The molecule has 0 amide bonds. The second-order valence-corrected chi connectivity index (χ2v) is 6.20. The van der Waals surface area contributed by atoms with Gasteiger partial charge in [-0.3, -0.25) is 9.58 Å². The Balaban J connectivity index is 2.31. The summed E-state index contributed by atoms with van der Waals surface area (Å²) in [5, 5.41) is 9.13. The molecule has 2 N–H and O–H groups in total. The summed E-state index contributed by atoms with van der Waals surface area (Å²) >= 11 is 0. The van der Waals surface area contributed by atoms with Gasteiger partial charge in [-0.15, -0.1) is 0 Å². The lowest BCUT2D eigenvalue weighted by atomic mass is 10.2. The minimum atomic E-state index is -3.71. The van der Waals surface area contributed by atoms with Crippen molar-refractivity contribution in [1.29, 1.82) is 0 Å². The summed E-state index contributed by atoms with van der Waals surface area (Å²) in [6.07, 6.45) is 1.21. The van der Waals surface area contributed by atoms with Crippen LogP contribution in [0.2, 0.25) is 0 Å². The summed E-state index contributed by atoms with van der Waals surface area (Å²) in [5.74, 6) is 0. The van der Waals surface area contributed by atoms with Gasteiger partial charge in [0.05, 0.1) is 5.69 Å². The Morgan fingerprint density at radius 1 is 1.47 bits per heavy atom. The van der Waals surface area contributed by atoms with Crippen LogP contribution in [0.5, 0.6) is 0 Å². The molecule has 17 heavy (non-hydrogen) atoms. The number of hydrogen-bond donors (Lipinski definition) is 1. The lowest BCUT2D eigenvalue weighted by Crippen LogP contribution is -2.37. The van der Waals surface area contributed by atoms with Gasteiger partial charge in [-0.2, -0.15) is 5.10 Å². The summed E-state index contributed by atoms with van der Waals surface area (Å²) in [5.41, 5.74) is 0.906. The molecule has 0 atom stereocenters. The predicted octanol–water partition coefficient (Wildman–Crippen LogP) is 0.317. The van der Waals surface area contributed by atoms with Crippen LogP contribution in [0.4, 0.5) is 0 Å². The molecule has 7 heteroatoms. The molecule has 1 fully saturated rings. The van der Waals surface area contributed by atoms with Crippen molar-refractivity contribution < 1.29 is 8.42 Å². The molecular formula is C10H18N4O2S. The summed E-state index contributed by atoms with van der Waals surface area (Å²) in [6, 6.07) is 1.70. The van der Waals surface area contributed by atoms with Crippen molar-refractivity contribution >= 4 is 10.0 Å². The topological polar surface area (TPSA) is 81.2 Å². The van der Waals surface area contributed by atoms with Crippen LogP contribution in [0.15, 0.2) is 11.1 Å². The molecule has 0 spiro atoms. The van der Waals surface area contributed by atoms with Gasteiger partial charge < -0.3 is 0 Å². The van der Waals surface area contributed by atoms with E-state index in [2.05, 4.69) is 10.00 Å². The van der Waals surface area contributed by atoms with Crippen molar-refractivity contribution in [1.82, 2.24) is 14.7 Å². The molecule has 1 aliphatic heterocycles. The third-order valence-electron chi connectivity index (χ3n) is 2.91. The van der Waals surface area contributed by atoms with Gasteiger partial charge in [0.25, 0.3) is 10.0 Å². The fraction of sp³-hybridized carbons (Fsp3) is 0.700.